The molecule has 7 heteroatoms. The number of carbonyl (C=O) groups is 2. The van der Waals surface area contributed by atoms with Gasteiger partial charge in [0.1, 0.15) is 5.75 Å². The smallest absolute Gasteiger partial charge is 0.256 e. The van der Waals surface area contributed by atoms with Crippen LogP contribution >= 0.6 is 0 Å². The maximum absolute atomic E-state index is 13.6. The number of piperidine rings is 1. The Kier molecular flexibility index (Phi) is 8.12. The van der Waals surface area contributed by atoms with E-state index in [0.717, 1.165) is 61.7 Å². The second-order valence-corrected chi connectivity index (χ2v) is 9.80. The number of nitrogens with zero attached hydrogens (tertiary/aromatic N) is 3. The van der Waals surface area contributed by atoms with Crippen molar-refractivity contribution in [2.45, 2.75) is 25.8 Å². The van der Waals surface area contributed by atoms with Crippen molar-refractivity contribution < 1.29 is 14.3 Å². The molecule has 3 aromatic rings. The molecule has 0 saturated carbocycles. The third kappa shape index (κ3) is 5.77. The normalized spacial score (nSPS) is 16.3. The van der Waals surface area contributed by atoms with Crippen LogP contribution in [0.3, 0.4) is 0 Å². The molecule has 2 heterocycles. The molecule has 2 aliphatic heterocycles. The Hall–Kier alpha value is -4.00. The number of hydrogen-bond donors (Lipinski definition) is 1. The van der Waals surface area contributed by atoms with Gasteiger partial charge in [-0.3, -0.25) is 9.59 Å². The molecule has 2 aliphatic rings. The first-order valence-electron chi connectivity index (χ1n) is 13.6. The van der Waals surface area contributed by atoms with Crippen LogP contribution < -0.4 is 19.9 Å². The summed E-state index contributed by atoms with van der Waals surface area (Å²) in [6, 6.07) is 25.5. The van der Waals surface area contributed by atoms with Gasteiger partial charge in [0.25, 0.3) is 11.8 Å². The molecule has 0 unspecified atom stereocenters. The van der Waals surface area contributed by atoms with Crippen molar-refractivity contribution in [1.29, 1.82) is 0 Å². The van der Waals surface area contributed by atoms with Crippen LogP contribution in [0.2, 0.25) is 0 Å². The van der Waals surface area contributed by atoms with E-state index < -0.39 is 0 Å². The summed E-state index contributed by atoms with van der Waals surface area (Å²) in [4.78, 5) is 32.8. The summed E-state index contributed by atoms with van der Waals surface area (Å²) in [6.07, 6.45) is 1.69. The first kappa shape index (κ1) is 25.6. The first-order chi connectivity index (χ1) is 18.6. The average molecular weight is 513 g/mol. The summed E-state index contributed by atoms with van der Waals surface area (Å²) in [5.74, 6) is 0.948. The molecule has 2 amide bonds. The lowest BCUT2D eigenvalue weighted by atomic mass is 10.0. The number of ether oxygens (including phenoxy) is 1. The molecule has 0 radical (unpaired) electrons. The topological polar surface area (TPSA) is 65.1 Å². The van der Waals surface area contributed by atoms with Crippen molar-refractivity contribution in [3.63, 3.8) is 0 Å². The van der Waals surface area contributed by atoms with Crippen LogP contribution in [0.15, 0.2) is 78.9 Å². The van der Waals surface area contributed by atoms with Crippen LogP contribution in [0.25, 0.3) is 0 Å². The molecule has 1 N–H and O–H groups in total. The number of para-hydroxylation sites is 3. The molecular formula is C31H36N4O3. The second kappa shape index (κ2) is 12.0. The Morgan fingerprint density at radius 3 is 2.08 bits per heavy atom. The zero-order chi connectivity index (χ0) is 26.3. The molecule has 38 heavy (non-hydrogen) atoms. The highest BCUT2D eigenvalue weighted by Crippen LogP contribution is 2.30. The minimum absolute atomic E-state index is 0.0253. The third-order valence-electron chi connectivity index (χ3n) is 7.41. The molecule has 3 aromatic carbocycles. The van der Waals surface area contributed by atoms with Gasteiger partial charge in [-0.15, -0.1) is 0 Å². The number of anilines is 2. The average Bonchev–Trinajstić information content (AvgIpc) is 2.98. The summed E-state index contributed by atoms with van der Waals surface area (Å²) in [6.45, 7) is 7.09. The Morgan fingerprint density at radius 1 is 0.763 bits per heavy atom. The largest absolute Gasteiger partial charge is 0.492 e. The highest BCUT2D eigenvalue weighted by Gasteiger charge is 2.28. The molecule has 5 rings (SSSR count). The van der Waals surface area contributed by atoms with Crippen LogP contribution in [0.5, 0.6) is 5.75 Å². The van der Waals surface area contributed by atoms with Crippen LogP contribution in [0.4, 0.5) is 11.4 Å². The fourth-order valence-electron chi connectivity index (χ4n) is 5.37. The van der Waals surface area contributed by atoms with Gasteiger partial charge in [-0.2, -0.15) is 0 Å². The van der Waals surface area contributed by atoms with E-state index in [4.69, 9.17) is 4.74 Å². The van der Waals surface area contributed by atoms with Crippen molar-refractivity contribution in [2.24, 2.45) is 0 Å². The van der Waals surface area contributed by atoms with Gasteiger partial charge < -0.3 is 24.8 Å². The van der Waals surface area contributed by atoms with Crippen LogP contribution in [0, 0.1) is 0 Å². The van der Waals surface area contributed by atoms with Gasteiger partial charge in [-0.05, 0) is 56.2 Å². The second-order valence-electron chi connectivity index (χ2n) is 9.80. The predicted octanol–water partition coefficient (Wildman–Crippen LogP) is 4.45. The summed E-state index contributed by atoms with van der Waals surface area (Å²) < 4.78 is 5.82. The van der Waals surface area contributed by atoms with Crippen molar-refractivity contribution in [3.05, 3.63) is 90.0 Å². The molecule has 0 aliphatic carbocycles. The Labute approximate surface area is 225 Å². The van der Waals surface area contributed by atoms with Crippen LogP contribution in [-0.2, 0) is 0 Å². The van der Waals surface area contributed by atoms with Gasteiger partial charge in [-0.25, -0.2) is 0 Å². The SMILES string of the molecule is CCOc1ccccc1N1CCN(C(=O)c2ccccc2N2CCC(NC(=O)c3ccccc3)CC2)CC1. The fourth-order valence-corrected chi connectivity index (χ4v) is 5.37. The molecule has 0 spiro atoms. The van der Waals surface area contributed by atoms with Crippen molar-refractivity contribution >= 4 is 23.2 Å². The number of benzene rings is 3. The summed E-state index contributed by atoms with van der Waals surface area (Å²) >= 11 is 0. The van der Waals surface area contributed by atoms with E-state index in [1.54, 1.807) is 0 Å². The lowest BCUT2D eigenvalue weighted by Crippen LogP contribution is -2.49. The van der Waals surface area contributed by atoms with Gasteiger partial charge in [-0.1, -0.05) is 42.5 Å². The lowest BCUT2D eigenvalue weighted by Gasteiger charge is -2.38. The maximum Gasteiger partial charge on any atom is 0.256 e. The number of amides is 2. The fraction of sp³-hybridized carbons (Fsp3) is 0.355. The molecule has 2 saturated heterocycles. The van der Waals surface area contributed by atoms with E-state index in [1.165, 1.54) is 0 Å². The Bertz CT molecular complexity index is 1230. The van der Waals surface area contributed by atoms with E-state index in [0.29, 0.717) is 25.3 Å². The third-order valence-corrected chi connectivity index (χ3v) is 7.41. The molecule has 7 nitrogen and oxygen atoms in total. The molecule has 0 atom stereocenters. The van der Waals surface area contributed by atoms with Crippen LogP contribution in [-0.4, -0.2) is 68.6 Å². The first-order valence-corrected chi connectivity index (χ1v) is 13.6. The quantitative estimate of drug-likeness (QED) is 0.507. The number of rotatable bonds is 7. The molecule has 198 valence electrons. The van der Waals surface area contributed by atoms with E-state index in [2.05, 4.69) is 21.2 Å². The van der Waals surface area contributed by atoms with Gasteiger partial charge in [0.05, 0.1) is 17.9 Å². The maximum atomic E-state index is 13.6. The van der Waals surface area contributed by atoms with Crippen molar-refractivity contribution in [3.8, 4) is 5.75 Å². The van der Waals surface area contributed by atoms with Crippen molar-refractivity contribution in [1.82, 2.24) is 10.2 Å². The summed E-state index contributed by atoms with van der Waals surface area (Å²) in [5, 5.41) is 3.17. The van der Waals surface area contributed by atoms with E-state index in [-0.39, 0.29) is 17.9 Å². The Morgan fingerprint density at radius 2 is 1.37 bits per heavy atom. The highest BCUT2D eigenvalue weighted by atomic mass is 16.5. The minimum Gasteiger partial charge on any atom is -0.492 e. The van der Waals surface area contributed by atoms with Gasteiger partial charge >= 0.3 is 0 Å². The minimum atomic E-state index is -0.0253. The zero-order valence-corrected chi connectivity index (χ0v) is 22.0. The number of hydrogen-bond acceptors (Lipinski definition) is 5. The summed E-state index contributed by atoms with van der Waals surface area (Å²) in [5.41, 5.74) is 3.51. The predicted molar refractivity (Wildman–Crippen MR) is 151 cm³/mol. The van der Waals surface area contributed by atoms with E-state index in [9.17, 15) is 9.59 Å². The Balaban J connectivity index is 1.19. The van der Waals surface area contributed by atoms with Gasteiger partial charge in [0.15, 0.2) is 0 Å². The number of piperazine rings is 1. The zero-order valence-electron chi connectivity index (χ0n) is 22.0. The lowest BCUT2D eigenvalue weighted by molar-refractivity contribution is 0.0747. The molecule has 0 aromatic heterocycles. The van der Waals surface area contributed by atoms with Crippen LogP contribution in [0.1, 0.15) is 40.5 Å². The summed E-state index contributed by atoms with van der Waals surface area (Å²) in [7, 11) is 0. The molecule has 0 bridgehead atoms. The van der Waals surface area contributed by atoms with E-state index >= 15 is 0 Å². The number of carbonyl (C=O) groups excluding carboxylic acids is 2. The molecule has 2 fully saturated rings. The highest BCUT2D eigenvalue weighted by molar-refractivity contribution is 6.00. The van der Waals surface area contributed by atoms with Crippen molar-refractivity contribution in [2.75, 3.05) is 55.7 Å². The monoisotopic (exact) mass is 512 g/mol. The molecular weight excluding hydrogens is 476 g/mol. The van der Waals surface area contributed by atoms with Gasteiger partial charge in [0, 0.05) is 56.6 Å². The standard InChI is InChI=1S/C31H36N4O3/c1-2-38-29-15-9-8-14-28(29)34-20-22-35(23-21-34)31(37)26-12-6-7-13-27(26)33-18-16-25(17-19-33)32-30(36)24-10-4-3-5-11-24/h3-15,25H,2,16-23H2,1H3,(H,32,36). The number of nitrogens with one attached hydrogen (secondary N) is 1. The van der Waals surface area contributed by atoms with Gasteiger partial charge in [0.2, 0.25) is 0 Å². The van der Waals surface area contributed by atoms with E-state index in [1.807, 2.05) is 84.6 Å².